The summed E-state index contributed by atoms with van der Waals surface area (Å²) < 4.78 is 2.15. The van der Waals surface area contributed by atoms with Crippen LogP contribution in [0.25, 0.3) is 6.08 Å². The Bertz CT molecular complexity index is 1040. The van der Waals surface area contributed by atoms with Crippen LogP contribution in [0, 0.1) is 24.2 Å². The van der Waals surface area contributed by atoms with Crippen LogP contribution >= 0.6 is 24.0 Å². The first-order valence-electron chi connectivity index (χ1n) is 10.1. The first-order valence-corrected chi connectivity index (χ1v) is 11.3. The molecule has 0 saturated carbocycles. The van der Waals surface area contributed by atoms with Gasteiger partial charge in [-0.05, 0) is 44.2 Å². The zero-order valence-corrected chi connectivity index (χ0v) is 19.2. The van der Waals surface area contributed by atoms with Crippen molar-refractivity contribution in [2.75, 3.05) is 24.5 Å². The number of pyridine rings is 1. The van der Waals surface area contributed by atoms with Crippen molar-refractivity contribution >= 4 is 46.1 Å². The van der Waals surface area contributed by atoms with Crippen molar-refractivity contribution in [3.8, 4) is 6.07 Å². The number of amides is 1. The average molecular weight is 443 g/mol. The minimum Gasteiger partial charge on any atom is -0.357 e. The number of rotatable bonds is 5. The third-order valence-corrected chi connectivity index (χ3v) is 6.96. The summed E-state index contributed by atoms with van der Waals surface area (Å²) in [6.07, 6.45) is 5.64. The molecular formula is C22H26N4O2S2. The maximum Gasteiger partial charge on any atom is 0.270 e. The van der Waals surface area contributed by atoms with Crippen LogP contribution in [0.15, 0.2) is 22.4 Å². The Morgan fingerprint density at radius 3 is 2.73 bits per heavy atom. The molecule has 8 heteroatoms. The lowest BCUT2D eigenvalue weighted by molar-refractivity contribution is -0.121. The van der Waals surface area contributed by atoms with Crippen molar-refractivity contribution in [2.45, 2.75) is 40.2 Å². The molecule has 1 aromatic heterocycles. The second-order valence-corrected chi connectivity index (χ2v) is 9.35. The number of anilines is 1. The Hall–Kier alpha value is -2.37. The fourth-order valence-corrected chi connectivity index (χ4v) is 5.33. The van der Waals surface area contributed by atoms with E-state index in [4.69, 9.17) is 12.2 Å². The van der Waals surface area contributed by atoms with Crippen molar-refractivity contribution in [3.63, 3.8) is 0 Å². The van der Waals surface area contributed by atoms with Gasteiger partial charge in [-0.1, -0.05) is 37.0 Å². The normalized spacial score (nSPS) is 20.7. The van der Waals surface area contributed by atoms with Gasteiger partial charge < -0.3 is 4.90 Å². The first kappa shape index (κ1) is 22.3. The SMILES string of the molecule is C=CCN1C(=O)C(=Cc2c(C)c(C#N)c(=O)n(CC)c2N2CCCC(C)C2)SC1=S. The molecule has 1 amide bonds. The minimum atomic E-state index is -0.276. The molecule has 2 aliphatic heterocycles. The summed E-state index contributed by atoms with van der Waals surface area (Å²) in [5.41, 5.74) is 1.20. The van der Waals surface area contributed by atoms with E-state index in [1.807, 2.05) is 6.92 Å². The van der Waals surface area contributed by atoms with Gasteiger partial charge in [-0.3, -0.25) is 19.1 Å². The second-order valence-electron chi connectivity index (χ2n) is 7.67. The predicted molar refractivity (Wildman–Crippen MR) is 127 cm³/mol. The molecule has 2 saturated heterocycles. The van der Waals surface area contributed by atoms with Crippen molar-refractivity contribution in [1.82, 2.24) is 9.47 Å². The van der Waals surface area contributed by atoms with E-state index in [2.05, 4.69) is 24.5 Å². The van der Waals surface area contributed by atoms with Crippen LogP contribution in [0.3, 0.4) is 0 Å². The van der Waals surface area contributed by atoms with Crippen LogP contribution in [0.4, 0.5) is 5.82 Å². The Balaban J connectivity index is 2.24. The van der Waals surface area contributed by atoms with Gasteiger partial charge in [0, 0.05) is 31.7 Å². The van der Waals surface area contributed by atoms with E-state index in [-0.39, 0.29) is 17.0 Å². The molecule has 1 aromatic rings. The molecule has 30 heavy (non-hydrogen) atoms. The minimum absolute atomic E-state index is 0.124. The van der Waals surface area contributed by atoms with E-state index in [0.29, 0.717) is 33.8 Å². The lowest BCUT2D eigenvalue weighted by Crippen LogP contribution is -2.40. The number of nitriles is 1. The van der Waals surface area contributed by atoms with Gasteiger partial charge in [-0.2, -0.15) is 5.26 Å². The highest BCUT2D eigenvalue weighted by Gasteiger charge is 2.33. The van der Waals surface area contributed by atoms with E-state index in [0.717, 1.165) is 37.3 Å². The molecule has 0 bridgehead atoms. The third kappa shape index (κ3) is 3.96. The van der Waals surface area contributed by atoms with E-state index >= 15 is 0 Å². The van der Waals surface area contributed by atoms with Gasteiger partial charge in [-0.15, -0.1) is 6.58 Å². The number of hydrogen-bond donors (Lipinski definition) is 0. The van der Waals surface area contributed by atoms with Gasteiger partial charge in [-0.25, -0.2) is 0 Å². The van der Waals surface area contributed by atoms with Crippen molar-refractivity contribution in [3.05, 3.63) is 44.6 Å². The zero-order valence-electron chi connectivity index (χ0n) is 17.6. The van der Waals surface area contributed by atoms with Crippen molar-refractivity contribution in [1.29, 1.82) is 5.26 Å². The Morgan fingerprint density at radius 1 is 1.40 bits per heavy atom. The summed E-state index contributed by atoms with van der Waals surface area (Å²) in [7, 11) is 0. The number of nitrogens with zero attached hydrogens (tertiary/aromatic N) is 4. The molecule has 0 N–H and O–H groups in total. The van der Waals surface area contributed by atoms with Crippen LogP contribution in [0.5, 0.6) is 0 Å². The maximum absolute atomic E-state index is 13.0. The van der Waals surface area contributed by atoms with Crippen molar-refractivity contribution < 1.29 is 4.79 Å². The molecule has 0 radical (unpaired) electrons. The van der Waals surface area contributed by atoms with Gasteiger partial charge in [0.05, 0.1) is 4.91 Å². The lowest BCUT2D eigenvalue weighted by Gasteiger charge is -2.35. The number of aromatic nitrogens is 1. The molecule has 3 rings (SSSR count). The molecule has 1 atom stereocenters. The molecular weight excluding hydrogens is 416 g/mol. The summed E-state index contributed by atoms with van der Waals surface area (Å²) in [5.74, 6) is 1.13. The largest absolute Gasteiger partial charge is 0.357 e. The number of piperidine rings is 1. The molecule has 0 aromatic carbocycles. The fourth-order valence-electron chi connectivity index (χ4n) is 4.08. The molecule has 3 heterocycles. The summed E-state index contributed by atoms with van der Waals surface area (Å²) >= 11 is 6.61. The molecule has 158 valence electrons. The van der Waals surface area contributed by atoms with Gasteiger partial charge >= 0.3 is 0 Å². The van der Waals surface area contributed by atoms with E-state index in [1.165, 1.54) is 16.7 Å². The third-order valence-electron chi connectivity index (χ3n) is 5.58. The number of thiocarbonyl (C=S) groups is 1. The van der Waals surface area contributed by atoms with Crippen LogP contribution in [-0.4, -0.2) is 39.3 Å². The smallest absolute Gasteiger partial charge is 0.270 e. The standard InChI is InChI=1S/C22H26N4O2S2/c1-5-9-26-21(28)18(30-22(26)29)11-16-15(4)17(12-23)20(27)25(6-2)19(16)24-10-7-8-14(3)13-24/h5,11,14H,1,6-10,13H2,2-4H3. The second kappa shape index (κ2) is 9.19. The summed E-state index contributed by atoms with van der Waals surface area (Å²) in [5, 5.41) is 9.64. The molecule has 6 nitrogen and oxygen atoms in total. The Morgan fingerprint density at radius 2 is 2.13 bits per heavy atom. The highest BCUT2D eigenvalue weighted by molar-refractivity contribution is 8.26. The van der Waals surface area contributed by atoms with Crippen LogP contribution in [-0.2, 0) is 11.3 Å². The van der Waals surface area contributed by atoms with E-state index in [9.17, 15) is 14.9 Å². The molecule has 0 spiro atoms. The summed E-state index contributed by atoms with van der Waals surface area (Å²) in [6.45, 7) is 12.1. The molecule has 2 aliphatic rings. The van der Waals surface area contributed by atoms with Gasteiger partial charge in [0.2, 0.25) is 0 Å². The van der Waals surface area contributed by atoms with Gasteiger partial charge in [0.1, 0.15) is 21.8 Å². The average Bonchev–Trinajstić information content (AvgIpc) is 2.98. The van der Waals surface area contributed by atoms with Crippen LogP contribution in [0.2, 0.25) is 0 Å². The highest BCUT2D eigenvalue weighted by Crippen LogP contribution is 2.36. The fraction of sp³-hybridized carbons (Fsp3) is 0.455. The maximum atomic E-state index is 13.0. The summed E-state index contributed by atoms with van der Waals surface area (Å²) in [4.78, 5) is 30.2. The molecule has 1 unspecified atom stereocenters. The molecule has 2 fully saturated rings. The van der Waals surface area contributed by atoms with Crippen molar-refractivity contribution in [2.24, 2.45) is 5.92 Å². The number of carbonyl (C=O) groups is 1. The number of hydrogen-bond acceptors (Lipinski definition) is 6. The topological polar surface area (TPSA) is 69.3 Å². The van der Waals surface area contributed by atoms with E-state index in [1.54, 1.807) is 23.6 Å². The Kier molecular flexibility index (Phi) is 6.84. The number of thioether (sulfide) groups is 1. The summed E-state index contributed by atoms with van der Waals surface area (Å²) in [6, 6.07) is 2.07. The van der Waals surface area contributed by atoms with Crippen LogP contribution < -0.4 is 10.5 Å². The molecule has 0 aliphatic carbocycles. The number of carbonyl (C=O) groups excluding carboxylic acids is 1. The predicted octanol–water partition coefficient (Wildman–Crippen LogP) is 3.67. The first-order chi connectivity index (χ1) is 14.3. The lowest BCUT2D eigenvalue weighted by atomic mass is 9.98. The van der Waals surface area contributed by atoms with E-state index < -0.39 is 0 Å². The zero-order chi connectivity index (χ0) is 22.0. The monoisotopic (exact) mass is 442 g/mol. The van der Waals surface area contributed by atoms with Crippen LogP contribution in [0.1, 0.15) is 43.4 Å². The quantitative estimate of drug-likeness (QED) is 0.394. The van der Waals surface area contributed by atoms with Gasteiger partial charge in [0.15, 0.2) is 0 Å². The van der Waals surface area contributed by atoms with Gasteiger partial charge in [0.25, 0.3) is 11.5 Å². The highest BCUT2D eigenvalue weighted by atomic mass is 32.2. The Labute approximate surface area is 186 Å².